The van der Waals surface area contributed by atoms with Gasteiger partial charge in [-0.1, -0.05) is 35.5 Å². The number of aromatic nitrogens is 3. The van der Waals surface area contributed by atoms with E-state index in [1.807, 2.05) is 22.9 Å². The third-order valence-electron chi connectivity index (χ3n) is 3.14. The molecule has 1 heterocycles. The third-order valence-corrected chi connectivity index (χ3v) is 3.14. The maximum Gasteiger partial charge on any atom is 0.112 e. The van der Waals surface area contributed by atoms with E-state index in [1.54, 1.807) is 0 Å². The molecule has 88 valence electrons. The topological polar surface area (TPSA) is 50.9 Å². The maximum absolute atomic E-state index is 9.26. The molecule has 2 aromatic rings. The van der Waals surface area contributed by atoms with Crippen molar-refractivity contribution in [2.75, 3.05) is 0 Å². The van der Waals surface area contributed by atoms with Crippen LogP contribution in [0.15, 0.2) is 30.3 Å². The molecule has 0 bridgehead atoms. The van der Waals surface area contributed by atoms with Crippen LogP contribution in [0.3, 0.4) is 0 Å². The van der Waals surface area contributed by atoms with Gasteiger partial charge in [0, 0.05) is 5.92 Å². The highest BCUT2D eigenvalue weighted by molar-refractivity contribution is 5.22. The minimum Gasteiger partial charge on any atom is -0.390 e. The molecule has 0 radical (unpaired) electrons. The molecule has 1 aliphatic rings. The summed E-state index contributed by atoms with van der Waals surface area (Å²) >= 11 is 0. The summed E-state index contributed by atoms with van der Waals surface area (Å²) in [5, 5.41) is 17.5. The van der Waals surface area contributed by atoms with Gasteiger partial charge in [-0.3, -0.25) is 0 Å². The Kier molecular flexibility index (Phi) is 2.65. The summed E-state index contributed by atoms with van der Waals surface area (Å²) in [6.45, 7) is 0.723. The van der Waals surface area contributed by atoms with Gasteiger partial charge in [-0.2, -0.15) is 0 Å². The van der Waals surface area contributed by atoms with Crippen LogP contribution >= 0.6 is 0 Å². The quantitative estimate of drug-likeness (QED) is 0.868. The normalized spacial score (nSPS) is 15.1. The molecule has 3 rings (SSSR count). The van der Waals surface area contributed by atoms with Crippen LogP contribution in [-0.2, 0) is 13.2 Å². The van der Waals surface area contributed by atoms with Crippen molar-refractivity contribution in [3.63, 3.8) is 0 Å². The highest BCUT2D eigenvalue weighted by Crippen LogP contribution is 2.41. The molecular formula is C13H15N3O. The summed E-state index contributed by atoms with van der Waals surface area (Å²) in [5.41, 5.74) is 3.07. The van der Waals surface area contributed by atoms with Crippen molar-refractivity contribution < 1.29 is 5.11 Å². The Bertz CT molecular complexity index is 503. The van der Waals surface area contributed by atoms with Crippen molar-refractivity contribution in [3.8, 4) is 0 Å². The zero-order valence-electron chi connectivity index (χ0n) is 9.58. The van der Waals surface area contributed by atoms with E-state index < -0.39 is 0 Å². The SMILES string of the molecule is OCc1nnn(Cc2ccccc2)c1C1CC1. The first kappa shape index (κ1) is 10.5. The second kappa shape index (κ2) is 4.30. The van der Waals surface area contributed by atoms with Crippen LogP contribution in [0.1, 0.15) is 35.7 Å². The van der Waals surface area contributed by atoms with E-state index in [0.717, 1.165) is 17.9 Å². The van der Waals surface area contributed by atoms with Gasteiger partial charge in [-0.15, -0.1) is 5.10 Å². The standard InChI is InChI=1S/C13H15N3O/c17-9-12-13(11-6-7-11)16(15-14-12)8-10-4-2-1-3-5-10/h1-5,11,17H,6-9H2. The molecule has 0 aliphatic heterocycles. The predicted octanol–water partition coefficient (Wildman–Crippen LogP) is 1.70. The maximum atomic E-state index is 9.26. The van der Waals surface area contributed by atoms with Gasteiger partial charge in [0.05, 0.1) is 18.8 Å². The molecule has 1 N–H and O–H groups in total. The fraction of sp³-hybridized carbons (Fsp3) is 0.385. The Morgan fingerprint density at radius 1 is 1.24 bits per heavy atom. The van der Waals surface area contributed by atoms with Gasteiger partial charge >= 0.3 is 0 Å². The van der Waals surface area contributed by atoms with Crippen molar-refractivity contribution in [1.82, 2.24) is 15.0 Å². The Morgan fingerprint density at radius 2 is 2.00 bits per heavy atom. The first-order valence-corrected chi connectivity index (χ1v) is 5.95. The minimum atomic E-state index is -0.0133. The molecule has 17 heavy (non-hydrogen) atoms. The molecule has 0 amide bonds. The Labute approximate surface area is 99.9 Å². The van der Waals surface area contributed by atoms with E-state index in [0.29, 0.717) is 5.92 Å². The highest BCUT2D eigenvalue weighted by atomic mass is 16.3. The summed E-state index contributed by atoms with van der Waals surface area (Å²) < 4.78 is 1.93. The van der Waals surface area contributed by atoms with Crippen LogP contribution in [0.25, 0.3) is 0 Å². The second-order valence-corrected chi connectivity index (χ2v) is 4.50. The highest BCUT2D eigenvalue weighted by Gasteiger charge is 2.30. The Balaban J connectivity index is 1.90. The van der Waals surface area contributed by atoms with E-state index in [9.17, 15) is 5.11 Å². The molecule has 1 aromatic heterocycles. The average molecular weight is 229 g/mol. The van der Waals surface area contributed by atoms with Crippen LogP contribution in [-0.4, -0.2) is 20.1 Å². The Morgan fingerprint density at radius 3 is 2.65 bits per heavy atom. The third kappa shape index (κ3) is 2.08. The van der Waals surface area contributed by atoms with Gasteiger partial charge in [0.25, 0.3) is 0 Å². The van der Waals surface area contributed by atoms with E-state index in [4.69, 9.17) is 0 Å². The molecule has 0 unspecified atom stereocenters. The molecule has 1 aliphatic carbocycles. The van der Waals surface area contributed by atoms with Crippen LogP contribution in [0, 0.1) is 0 Å². The molecule has 1 aromatic carbocycles. The van der Waals surface area contributed by atoms with Crippen molar-refractivity contribution in [3.05, 3.63) is 47.3 Å². The fourth-order valence-corrected chi connectivity index (χ4v) is 2.15. The van der Waals surface area contributed by atoms with Crippen LogP contribution in [0.4, 0.5) is 0 Å². The summed E-state index contributed by atoms with van der Waals surface area (Å²) in [4.78, 5) is 0. The minimum absolute atomic E-state index is 0.0133. The van der Waals surface area contributed by atoms with E-state index in [-0.39, 0.29) is 6.61 Å². The van der Waals surface area contributed by atoms with Crippen LogP contribution in [0.5, 0.6) is 0 Å². The van der Waals surface area contributed by atoms with Gasteiger partial charge < -0.3 is 5.11 Å². The lowest BCUT2D eigenvalue weighted by Crippen LogP contribution is -2.06. The number of rotatable bonds is 4. The number of hydrogen-bond acceptors (Lipinski definition) is 3. The number of hydrogen-bond donors (Lipinski definition) is 1. The predicted molar refractivity (Wildman–Crippen MR) is 63.5 cm³/mol. The van der Waals surface area contributed by atoms with Gasteiger partial charge in [0.15, 0.2) is 0 Å². The molecular weight excluding hydrogens is 214 g/mol. The molecule has 4 heteroatoms. The average Bonchev–Trinajstić information content (AvgIpc) is 3.13. The second-order valence-electron chi connectivity index (χ2n) is 4.50. The van der Waals surface area contributed by atoms with Crippen molar-refractivity contribution >= 4 is 0 Å². The molecule has 1 saturated carbocycles. The first-order valence-electron chi connectivity index (χ1n) is 5.95. The lowest BCUT2D eigenvalue weighted by atomic mass is 10.2. The lowest BCUT2D eigenvalue weighted by Gasteiger charge is -2.06. The summed E-state index contributed by atoms with van der Waals surface area (Å²) in [5.74, 6) is 0.552. The number of aliphatic hydroxyl groups is 1. The van der Waals surface area contributed by atoms with E-state index in [2.05, 4.69) is 22.4 Å². The van der Waals surface area contributed by atoms with Crippen LogP contribution in [0.2, 0.25) is 0 Å². The summed E-state index contributed by atoms with van der Waals surface area (Å²) in [6.07, 6.45) is 2.38. The molecule has 1 fully saturated rings. The smallest absolute Gasteiger partial charge is 0.112 e. The summed E-state index contributed by atoms with van der Waals surface area (Å²) in [6, 6.07) is 10.2. The molecule has 0 saturated heterocycles. The zero-order chi connectivity index (χ0) is 11.7. The van der Waals surface area contributed by atoms with E-state index >= 15 is 0 Å². The van der Waals surface area contributed by atoms with Gasteiger partial charge in [-0.25, -0.2) is 4.68 Å². The first-order chi connectivity index (χ1) is 8.38. The summed E-state index contributed by atoms with van der Waals surface area (Å²) in [7, 11) is 0. The Hall–Kier alpha value is -1.68. The largest absolute Gasteiger partial charge is 0.390 e. The number of benzene rings is 1. The fourth-order valence-electron chi connectivity index (χ4n) is 2.15. The lowest BCUT2D eigenvalue weighted by molar-refractivity contribution is 0.275. The van der Waals surface area contributed by atoms with E-state index in [1.165, 1.54) is 18.4 Å². The number of aliphatic hydroxyl groups excluding tert-OH is 1. The monoisotopic (exact) mass is 229 g/mol. The molecule has 0 spiro atoms. The molecule has 0 atom stereocenters. The van der Waals surface area contributed by atoms with Gasteiger partial charge in [0.1, 0.15) is 5.69 Å². The van der Waals surface area contributed by atoms with Crippen molar-refractivity contribution in [2.45, 2.75) is 31.9 Å². The zero-order valence-corrected chi connectivity index (χ0v) is 9.58. The van der Waals surface area contributed by atoms with Crippen molar-refractivity contribution in [1.29, 1.82) is 0 Å². The molecule has 4 nitrogen and oxygen atoms in total. The van der Waals surface area contributed by atoms with Gasteiger partial charge in [-0.05, 0) is 18.4 Å². The number of nitrogens with zero attached hydrogens (tertiary/aromatic N) is 3. The van der Waals surface area contributed by atoms with Crippen LogP contribution < -0.4 is 0 Å². The van der Waals surface area contributed by atoms with Gasteiger partial charge in [0.2, 0.25) is 0 Å². The van der Waals surface area contributed by atoms with Crippen molar-refractivity contribution in [2.24, 2.45) is 0 Å².